The van der Waals surface area contributed by atoms with Crippen LogP contribution in [-0.4, -0.2) is 123 Å². The number of hydrogen-bond acceptors (Lipinski definition) is 16. The molecule has 0 atom stereocenters. The van der Waals surface area contributed by atoms with Crippen molar-refractivity contribution in [2.75, 3.05) is 20.0 Å². The number of carboxylic acid groups (broad SMARTS) is 1. The van der Waals surface area contributed by atoms with E-state index in [1.165, 1.54) is 38.5 Å². The summed E-state index contributed by atoms with van der Waals surface area (Å²) < 4.78 is 46.7. The number of hydrogen-bond donors (Lipinski definition) is 6. The van der Waals surface area contributed by atoms with Gasteiger partial charge in [0, 0.05) is 69.9 Å². The van der Waals surface area contributed by atoms with Gasteiger partial charge in [0.15, 0.2) is 5.75 Å². The first-order chi connectivity index (χ1) is 27.7. The third-order valence-electron chi connectivity index (χ3n) is 8.85. The van der Waals surface area contributed by atoms with Crippen LogP contribution in [0.1, 0.15) is 15.9 Å². The maximum absolute atomic E-state index is 12.7. The molecule has 0 saturated heterocycles. The van der Waals surface area contributed by atoms with Crippen LogP contribution in [0.25, 0.3) is 32.9 Å². The fraction of sp³-hybridized carbons (Fsp3) is 0.0789. The molecule has 294 valence electrons. The molecule has 1 heterocycles. The molecule has 0 aliphatic heterocycles. The number of nitrogens with zero attached hydrogens (tertiary/aromatic N) is 8. The molecular formula is C38H30N10Na2O9S. The molecule has 1 aromatic heterocycles. The number of azo groups is 3. The zero-order valence-corrected chi connectivity index (χ0v) is 37.3. The van der Waals surface area contributed by atoms with Gasteiger partial charge in [-0.2, -0.15) is 18.6 Å². The molecule has 0 spiro atoms. The van der Waals surface area contributed by atoms with Crippen LogP contribution in [0.3, 0.4) is 0 Å². The first kappa shape index (κ1) is 45.2. The summed E-state index contributed by atoms with van der Waals surface area (Å²) in [7, 11) is -2.16. The van der Waals surface area contributed by atoms with E-state index >= 15 is 0 Å². The topological polar surface area (TPSA) is 292 Å². The number of aromatic hydroxyl groups is 2. The van der Waals surface area contributed by atoms with Gasteiger partial charge in [0.05, 0.1) is 36.8 Å². The number of aryl methyl sites for hydroxylation is 1. The SMILES string of the molecule is COc1cc(-c2ccc(N=Nc3c(S(=O)(=O)O)cc4c(N=Nc5ccc6nn[nH]c6c5)c(N)ccc4c3O)c(OC)c2)ccc1N=Nc1cc(C(=O)O)c(O)cc1C.[Na].[Na]. The van der Waals surface area contributed by atoms with Gasteiger partial charge >= 0.3 is 5.97 Å². The van der Waals surface area contributed by atoms with Crippen LogP contribution in [0.15, 0.2) is 121 Å². The van der Waals surface area contributed by atoms with Gasteiger partial charge in [0.2, 0.25) is 0 Å². The Labute approximate surface area is 384 Å². The number of phenolic OH excluding ortho intramolecular Hbond substituents is 1. The van der Waals surface area contributed by atoms with Crippen LogP contribution in [0, 0.1) is 6.92 Å². The molecule has 0 aliphatic carbocycles. The van der Waals surface area contributed by atoms with E-state index in [0.29, 0.717) is 44.8 Å². The largest absolute Gasteiger partial charge is 0.507 e. The van der Waals surface area contributed by atoms with Crippen LogP contribution in [0.5, 0.6) is 23.0 Å². The van der Waals surface area contributed by atoms with Crippen LogP contribution in [-0.2, 0) is 10.1 Å². The van der Waals surface area contributed by atoms with Crippen molar-refractivity contribution in [1.29, 1.82) is 0 Å². The Kier molecular flexibility index (Phi) is 14.0. The number of carboxylic acids is 1. The van der Waals surface area contributed by atoms with Crippen molar-refractivity contribution in [2.24, 2.45) is 30.7 Å². The van der Waals surface area contributed by atoms with Gasteiger partial charge in [-0.1, -0.05) is 17.3 Å². The number of aromatic amines is 1. The Hall–Kier alpha value is -5.84. The molecular weight excluding hydrogens is 819 g/mol. The number of methoxy groups -OCH3 is 2. The molecule has 0 bridgehead atoms. The number of phenols is 2. The average Bonchev–Trinajstić information content (AvgIpc) is 3.67. The molecule has 0 saturated carbocycles. The maximum Gasteiger partial charge on any atom is 0.339 e. The summed E-state index contributed by atoms with van der Waals surface area (Å²) in [5.74, 6) is -1.77. The molecule has 60 heavy (non-hydrogen) atoms. The summed E-state index contributed by atoms with van der Waals surface area (Å²) in [6.07, 6.45) is 0. The second-order valence-electron chi connectivity index (χ2n) is 12.5. The minimum absolute atomic E-state index is 0. The number of nitrogens with two attached hydrogens (primary N) is 1. The second kappa shape index (κ2) is 18.6. The number of benzene rings is 6. The van der Waals surface area contributed by atoms with Crippen LogP contribution < -0.4 is 15.2 Å². The second-order valence-corrected chi connectivity index (χ2v) is 13.9. The first-order valence-electron chi connectivity index (χ1n) is 16.8. The van der Waals surface area contributed by atoms with E-state index in [1.807, 2.05) is 0 Å². The summed E-state index contributed by atoms with van der Waals surface area (Å²) in [6.45, 7) is 1.65. The number of carbonyl (C=O) groups is 1. The monoisotopic (exact) mass is 848 g/mol. The number of fused-ring (bicyclic) bond motifs is 2. The molecule has 7 rings (SSSR count). The standard InChI is InChI=1S/C38H30N10O9S.2Na/c1-18-12-31(49)24(38(51)52)16-29(18)43-41-27-9-4-19(13-32(27)56-2)20-5-10-28(33(14-20)57-3)42-47-36-34(58(53,54)55)17-23-22(37(36)50)7-8-25(39)35(23)46-40-21-6-11-26-30(15-21)45-48-44-26;;/h4-17,49-50H,39H2,1-3H3,(H,51,52)(H,44,45,48)(H,53,54,55);;. The molecule has 0 amide bonds. The van der Waals surface area contributed by atoms with Gasteiger partial charge < -0.3 is 30.5 Å². The molecule has 7 aromatic rings. The van der Waals surface area contributed by atoms with Gasteiger partial charge in [-0.25, -0.2) is 4.79 Å². The molecule has 0 aliphatic rings. The molecule has 0 unspecified atom stereocenters. The van der Waals surface area contributed by atoms with Crippen molar-refractivity contribution in [1.82, 2.24) is 15.4 Å². The summed E-state index contributed by atoms with van der Waals surface area (Å²) in [5.41, 5.74) is 9.62. The fourth-order valence-corrected chi connectivity index (χ4v) is 6.53. The number of nitrogen functional groups attached to an aromatic ring is 1. The zero-order valence-electron chi connectivity index (χ0n) is 32.5. The number of aromatic nitrogens is 3. The van der Waals surface area contributed by atoms with E-state index < -0.39 is 32.4 Å². The number of H-pyrrole nitrogens is 1. The maximum atomic E-state index is 12.7. The molecule has 6 aromatic carbocycles. The zero-order chi connectivity index (χ0) is 41.3. The average molecular weight is 849 g/mol. The van der Waals surface area contributed by atoms with E-state index in [-0.39, 0.29) is 110 Å². The van der Waals surface area contributed by atoms with Crippen molar-refractivity contribution in [3.05, 3.63) is 96.1 Å². The fourth-order valence-electron chi connectivity index (χ4n) is 5.88. The van der Waals surface area contributed by atoms with Crippen LogP contribution in [0.4, 0.5) is 39.8 Å². The smallest absolute Gasteiger partial charge is 0.339 e. The number of anilines is 1. The first-order valence-corrected chi connectivity index (χ1v) is 18.2. The molecule has 2 radical (unpaired) electrons. The summed E-state index contributed by atoms with van der Waals surface area (Å²) in [6, 6.07) is 21.4. The molecule has 19 nitrogen and oxygen atoms in total. The van der Waals surface area contributed by atoms with Gasteiger partial charge in [-0.05, 0) is 96.4 Å². The van der Waals surface area contributed by atoms with Gasteiger partial charge in [0.25, 0.3) is 10.1 Å². The predicted molar refractivity (Wildman–Crippen MR) is 223 cm³/mol. The van der Waals surface area contributed by atoms with Crippen molar-refractivity contribution in [2.45, 2.75) is 11.8 Å². The third kappa shape index (κ3) is 9.30. The Balaban J connectivity index is 0.00000341. The van der Waals surface area contributed by atoms with E-state index in [9.17, 15) is 33.1 Å². The van der Waals surface area contributed by atoms with Gasteiger partial charge in [0.1, 0.15) is 56.0 Å². The molecule has 0 fully saturated rings. The Morgan fingerprint density at radius 3 is 1.97 bits per heavy atom. The van der Waals surface area contributed by atoms with Crippen molar-refractivity contribution in [3.63, 3.8) is 0 Å². The quantitative estimate of drug-likeness (QED) is 0.0309. The summed E-state index contributed by atoms with van der Waals surface area (Å²) >= 11 is 0. The minimum Gasteiger partial charge on any atom is -0.507 e. The summed E-state index contributed by atoms with van der Waals surface area (Å²) in [4.78, 5) is 10.7. The molecule has 22 heteroatoms. The number of ether oxygens (including phenoxy) is 2. The molecule has 7 N–H and O–H groups in total. The predicted octanol–water partition coefficient (Wildman–Crippen LogP) is 8.53. The van der Waals surface area contributed by atoms with Crippen LogP contribution >= 0.6 is 0 Å². The van der Waals surface area contributed by atoms with Crippen molar-refractivity contribution >= 4 is 137 Å². The Bertz CT molecular complexity index is 3020. The number of aromatic carboxylic acids is 1. The van der Waals surface area contributed by atoms with E-state index in [4.69, 9.17) is 15.2 Å². The van der Waals surface area contributed by atoms with E-state index in [0.717, 1.165) is 6.07 Å². The normalized spacial score (nSPS) is 11.7. The number of nitrogens with one attached hydrogen (secondary N) is 1. The van der Waals surface area contributed by atoms with Crippen LogP contribution in [0.2, 0.25) is 0 Å². The Morgan fingerprint density at radius 2 is 1.35 bits per heavy atom. The number of rotatable bonds is 11. The van der Waals surface area contributed by atoms with E-state index in [2.05, 4.69) is 46.1 Å². The van der Waals surface area contributed by atoms with Gasteiger partial charge in [-0.15, -0.1) is 25.6 Å². The van der Waals surface area contributed by atoms with Gasteiger partial charge in [-0.3, -0.25) is 9.65 Å². The van der Waals surface area contributed by atoms with E-state index in [1.54, 1.807) is 61.5 Å². The third-order valence-corrected chi connectivity index (χ3v) is 9.72. The van der Waals surface area contributed by atoms with Crippen molar-refractivity contribution in [3.8, 4) is 34.1 Å². The Morgan fingerprint density at radius 1 is 0.733 bits per heavy atom. The summed E-state index contributed by atoms with van der Waals surface area (Å²) in [5, 5.41) is 66.3. The minimum atomic E-state index is -5.00. The van der Waals surface area contributed by atoms with Crippen molar-refractivity contribution < 1.29 is 42.6 Å².